The highest BCUT2D eigenvalue weighted by atomic mass is 16.3. The third-order valence-corrected chi connectivity index (χ3v) is 3.85. The lowest BCUT2D eigenvalue weighted by atomic mass is 9.77. The Morgan fingerprint density at radius 1 is 1.08 bits per heavy atom. The van der Waals surface area contributed by atoms with Gasteiger partial charge in [-0.05, 0) is 24.8 Å². The topological polar surface area (TPSA) is 32.3 Å². The molecule has 1 saturated heterocycles. The van der Waals surface area contributed by atoms with E-state index in [1.807, 2.05) is 0 Å². The van der Waals surface area contributed by atoms with Crippen LogP contribution in [0.2, 0.25) is 0 Å². The van der Waals surface area contributed by atoms with Crippen molar-refractivity contribution < 1.29 is 5.11 Å². The van der Waals surface area contributed by atoms with Crippen molar-refractivity contribution in [3.8, 4) is 0 Å². The lowest BCUT2D eigenvalue weighted by Crippen LogP contribution is -2.35. The molecule has 1 aliphatic carbocycles. The highest BCUT2D eigenvalue weighted by Gasteiger charge is 2.33. The molecule has 1 aliphatic heterocycles. The second-order valence-electron chi connectivity index (χ2n) is 4.59. The zero-order valence-electron chi connectivity index (χ0n) is 8.34. The molecule has 2 heteroatoms. The molecule has 0 radical (unpaired) electrons. The summed E-state index contributed by atoms with van der Waals surface area (Å²) in [4.78, 5) is 0. The molecule has 2 atom stereocenters. The quantitative estimate of drug-likeness (QED) is 0.680. The molecule has 2 fully saturated rings. The maximum absolute atomic E-state index is 9.20. The fourth-order valence-electron chi connectivity index (χ4n) is 3.11. The summed E-state index contributed by atoms with van der Waals surface area (Å²) in [6, 6.07) is 0.406. The van der Waals surface area contributed by atoms with Gasteiger partial charge >= 0.3 is 0 Å². The summed E-state index contributed by atoms with van der Waals surface area (Å²) >= 11 is 0. The predicted molar refractivity (Wildman–Crippen MR) is 53.6 cm³/mol. The molecule has 0 aromatic carbocycles. The van der Waals surface area contributed by atoms with Crippen LogP contribution in [-0.2, 0) is 0 Å². The van der Waals surface area contributed by atoms with Crippen molar-refractivity contribution in [1.29, 1.82) is 0 Å². The third-order valence-electron chi connectivity index (χ3n) is 3.85. The van der Waals surface area contributed by atoms with Crippen molar-refractivity contribution in [3.63, 3.8) is 0 Å². The summed E-state index contributed by atoms with van der Waals surface area (Å²) in [5.74, 6) is 1.67. The molecule has 0 aromatic heterocycles. The Morgan fingerprint density at radius 2 is 1.85 bits per heavy atom. The Labute approximate surface area is 80.7 Å². The summed E-state index contributed by atoms with van der Waals surface area (Å²) in [7, 11) is 0. The van der Waals surface area contributed by atoms with Gasteiger partial charge in [-0.25, -0.2) is 0 Å². The fraction of sp³-hybridized carbons (Fsp3) is 1.00. The number of rotatable bonds is 2. The first-order valence-electron chi connectivity index (χ1n) is 5.76. The molecule has 2 aliphatic rings. The van der Waals surface area contributed by atoms with Crippen molar-refractivity contribution >= 4 is 0 Å². The normalized spacial score (nSPS) is 36.7. The van der Waals surface area contributed by atoms with Crippen LogP contribution in [0.5, 0.6) is 0 Å². The average molecular weight is 183 g/mol. The Kier molecular flexibility index (Phi) is 3.23. The molecule has 0 aromatic rings. The fourth-order valence-corrected chi connectivity index (χ4v) is 3.11. The second-order valence-corrected chi connectivity index (χ2v) is 4.59. The van der Waals surface area contributed by atoms with Crippen LogP contribution in [0.4, 0.5) is 0 Å². The lowest BCUT2D eigenvalue weighted by Gasteiger charge is -2.30. The first-order chi connectivity index (χ1) is 6.42. The molecule has 76 valence electrons. The molecule has 1 saturated carbocycles. The average Bonchev–Trinajstić information content (AvgIpc) is 2.67. The number of aliphatic hydroxyl groups excluding tert-OH is 1. The minimum Gasteiger partial charge on any atom is -0.395 e. The summed E-state index contributed by atoms with van der Waals surface area (Å²) in [6.45, 7) is 1.45. The monoisotopic (exact) mass is 183 g/mol. The van der Waals surface area contributed by atoms with E-state index in [-0.39, 0.29) is 0 Å². The summed E-state index contributed by atoms with van der Waals surface area (Å²) in [5.41, 5.74) is 0. The van der Waals surface area contributed by atoms with Gasteiger partial charge in [-0.2, -0.15) is 0 Å². The third kappa shape index (κ3) is 2.05. The number of hydrogen-bond donors (Lipinski definition) is 2. The van der Waals surface area contributed by atoms with Crippen LogP contribution >= 0.6 is 0 Å². The van der Waals surface area contributed by atoms with E-state index in [0.717, 1.165) is 18.4 Å². The van der Waals surface area contributed by atoms with E-state index < -0.39 is 0 Å². The molecule has 2 unspecified atom stereocenters. The zero-order valence-corrected chi connectivity index (χ0v) is 8.34. The second kappa shape index (κ2) is 4.43. The molecule has 2 rings (SSSR count). The van der Waals surface area contributed by atoms with Crippen LogP contribution in [0, 0.1) is 11.8 Å². The van der Waals surface area contributed by atoms with E-state index >= 15 is 0 Å². The highest BCUT2D eigenvalue weighted by Crippen LogP contribution is 2.35. The number of aliphatic hydroxyl groups is 1. The van der Waals surface area contributed by atoms with Gasteiger partial charge in [0.05, 0.1) is 6.61 Å². The summed E-state index contributed by atoms with van der Waals surface area (Å²) in [5, 5.41) is 12.6. The van der Waals surface area contributed by atoms with Crippen molar-refractivity contribution in [2.45, 2.75) is 44.6 Å². The minimum absolute atomic E-state index is 0.334. The van der Waals surface area contributed by atoms with Gasteiger partial charge in [0.2, 0.25) is 0 Å². The minimum atomic E-state index is 0.334. The standard InChI is InChI=1S/C11H21NO/c13-8-11-10(6-7-12-11)9-4-2-1-3-5-9/h9-13H,1-8H2. The SMILES string of the molecule is OCC1NCCC1C1CCCCC1. The van der Waals surface area contributed by atoms with Gasteiger partial charge in [-0.15, -0.1) is 0 Å². The molecular weight excluding hydrogens is 162 g/mol. The largest absolute Gasteiger partial charge is 0.395 e. The number of hydrogen-bond acceptors (Lipinski definition) is 2. The smallest absolute Gasteiger partial charge is 0.0587 e. The van der Waals surface area contributed by atoms with Crippen molar-refractivity contribution in [2.24, 2.45) is 11.8 Å². The van der Waals surface area contributed by atoms with Crippen LogP contribution in [-0.4, -0.2) is 24.3 Å². The molecule has 2 nitrogen and oxygen atoms in total. The first-order valence-corrected chi connectivity index (χ1v) is 5.76. The molecule has 13 heavy (non-hydrogen) atoms. The van der Waals surface area contributed by atoms with Crippen LogP contribution in [0.25, 0.3) is 0 Å². The number of nitrogens with one attached hydrogen (secondary N) is 1. The first kappa shape index (κ1) is 9.47. The van der Waals surface area contributed by atoms with Crippen LogP contribution < -0.4 is 5.32 Å². The van der Waals surface area contributed by atoms with E-state index in [1.165, 1.54) is 38.5 Å². The zero-order chi connectivity index (χ0) is 9.10. The van der Waals surface area contributed by atoms with Gasteiger partial charge in [0.25, 0.3) is 0 Å². The maximum atomic E-state index is 9.20. The van der Waals surface area contributed by atoms with E-state index in [9.17, 15) is 5.11 Å². The van der Waals surface area contributed by atoms with Gasteiger partial charge in [-0.3, -0.25) is 0 Å². The van der Waals surface area contributed by atoms with E-state index in [2.05, 4.69) is 5.32 Å². The Bertz CT molecular complexity index is 154. The maximum Gasteiger partial charge on any atom is 0.0587 e. The molecular formula is C11H21NO. The summed E-state index contributed by atoms with van der Waals surface area (Å²) in [6.07, 6.45) is 8.36. The Hall–Kier alpha value is -0.0800. The van der Waals surface area contributed by atoms with E-state index in [4.69, 9.17) is 0 Å². The van der Waals surface area contributed by atoms with E-state index in [0.29, 0.717) is 12.6 Å². The van der Waals surface area contributed by atoms with Crippen LogP contribution in [0.3, 0.4) is 0 Å². The molecule has 0 amide bonds. The highest BCUT2D eigenvalue weighted by molar-refractivity contribution is 4.88. The van der Waals surface area contributed by atoms with Crippen molar-refractivity contribution in [2.75, 3.05) is 13.2 Å². The van der Waals surface area contributed by atoms with Crippen molar-refractivity contribution in [1.82, 2.24) is 5.32 Å². The van der Waals surface area contributed by atoms with Crippen LogP contribution in [0.15, 0.2) is 0 Å². The van der Waals surface area contributed by atoms with Gasteiger partial charge in [0.1, 0.15) is 0 Å². The van der Waals surface area contributed by atoms with E-state index in [1.54, 1.807) is 0 Å². The van der Waals surface area contributed by atoms with Crippen LogP contribution in [0.1, 0.15) is 38.5 Å². The molecule has 0 spiro atoms. The van der Waals surface area contributed by atoms with Gasteiger partial charge in [-0.1, -0.05) is 32.1 Å². The van der Waals surface area contributed by atoms with Gasteiger partial charge in [0.15, 0.2) is 0 Å². The Morgan fingerprint density at radius 3 is 2.54 bits per heavy atom. The Balaban J connectivity index is 1.90. The molecule has 1 heterocycles. The molecule has 0 bridgehead atoms. The summed E-state index contributed by atoms with van der Waals surface area (Å²) < 4.78 is 0. The lowest BCUT2D eigenvalue weighted by molar-refractivity contribution is 0.169. The van der Waals surface area contributed by atoms with Gasteiger partial charge < -0.3 is 10.4 Å². The van der Waals surface area contributed by atoms with Gasteiger partial charge in [0, 0.05) is 6.04 Å². The predicted octanol–water partition coefficient (Wildman–Crippen LogP) is 1.54. The molecule has 2 N–H and O–H groups in total. The van der Waals surface area contributed by atoms with Crippen molar-refractivity contribution in [3.05, 3.63) is 0 Å².